The van der Waals surface area contributed by atoms with Crippen LogP contribution in [0.2, 0.25) is 0 Å². The zero-order chi connectivity index (χ0) is 11.3. The van der Waals surface area contributed by atoms with Gasteiger partial charge in [0, 0.05) is 0 Å². The van der Waals surface area contributed by atoms with Crippen molar-refractivity contribution in [3.8, 4) is 0 Å². The molecule has 5 heteroatoms. The fraction of sp³-hybridized carbons (Fsp3) is 0.400. The molecule has 0 saturated carbocycles. The third-order valence-corrected chi connectivity index (χ3v) is 6.76. The molecule has 0 saturated heterocycles. The summed E-state index contributed by atoms with van der Waals surface area (Å²) in [6.07, 6.45) is 0.996. The van der Waals surface area contributed by atoms with E-state index in [9.17, 15) is 0 Å². The summed E-state index contributed by atoms with van der Waals surface area (Å²) in [6.45, 7) is 0.961. The summed E-state index contributed by atoms with van der Waals surface area (Å²) in [5, 5.41) is 3.16. The van der Waals surface area contributed by atoms with Gasteiger partial charge < -0.3 is 0 Å². The van der Waals surface area contributed by atoms with Crippen molar-refractivity contribution in [2.24, 2.45) is 0 Å². The van der Waals surface area contributed by atoms with Gasteiger partial charge in [-0.05, 0) is 0 Å². The number of hydrogen-bond donors (Lipinski definition) is 1. The maximum atomic E-state index is 6.30. The molecule has 15 heavy (non-hydrogen) atoms. The number of likely N-dealkylation sites (N-methyl/N-ethyl adjacent to an activating group) is 1. The van der Waals surface area contributed by atoms with Crippen LogP contribution in [0.5, 0.6) is 0 Å². The Morgan fingerprint density at radius 2 is 2.20 bits per heavy atom. The summed E-state index contributed by atoms with van der Waals surface area (Å²) in [7, 11) is 15.4. The van der Waals surface area contributed by atoms with Gasteiger partial charge in [0.2, 0.25) is 0 Å². The molecule has 0 atom stereocenters. The van der Waals surface area contributed by atoms with E-state index in [1.807, 2.05) is 13.1 Å². The van der Waals surface area contributed by atoms with E-state index in [2.05, 4.69) is 22.4 Å². The van der Waals surface area contributed by atoms with Crippen LogP contribution in [-0.4, -0.2) is 18.5 Å². The normalized spacial score (nSPS) is 11.6. The number of benzene rings is 1. The van der Waals surface area contributed by atoms with E-state index >= 15 is 0 Å². The zero-order valence-corrected chi connectivity index (χ0v) is 13.2. The first kappa shape index (κ1) is 13.9. The van der Waals surface area contributed by atoms with Crippen molar-refractivity contribution in [3.63, 3.8) is 0 Å². The van der Waals surface area contributed by atoms with Gasteiger partial charge in [-0.25, -0.2) is 0 Å². The first-order valence-corrected chi connectivity index (χ1v) is 12.1. The molecule has 0 fully saturated rings. The second kappa shape index (κ2) is 7.22. The standard InChI is InChI=1S/C10H14Cl2INS/c1-13(11)9-4-3-5-10(15-12)8(9)6-7-14-2/h3-5,14H,6-7H2,1-2H3. The van der Waals surface area contributed by atoms with Gasteiger partial charge in [0.1, 0.15) is 0 Å². The summed E-state index contributed by atoms with van der Waals surface area (Å²) in [6, 6.07) is 6.24. The zero-order valence-electron chi connectivity index (χ0n) is 8.69. The molecule has 0 aromatic heterocycles. The molecule has 0 aliphatic heterocycles. The number of hydrogen-bond acceptors (Lipinski definition) is 2. The predicted octanol–water partition coefficient (Wildman–Crippen LogP) is 4.15. The Morgan fingerprint density at radius 1 is 1.47 bits per heavy atom. The van der Waals surface area contributed by atoms with Crippen LogP contribution >= 0.6 is 49.3 Å². The van der Waals surface area contributed by atoms with Crippen molar-refractivity contribution >= 4 is 49.3 Å². The quantitative estimate of drug-likeness (QED) is 0.610. The molecule has 0 radical (unpaired) electrons. The van der Waals surface area contributed by atoms with Crippen LogP contribution in [0.15, 0.2) is 23.1 Å². The van der Waals surface area contributed by atoms with E-state index in [0.29, 0.717) is 0 Å². The Morgan fingerprint density at radius 3 is 2.73 bits per heavy atom. The van der Waals surface area contributed by atoms with E-state index in [1.54, 1.807) is 0 Å². The SMILES string of the molecule is CNCCc1c(SCl)cccc1I(C)Cl. The average molecular weight is 378 g/mol. The van der Waals surface area contributed by atoms with Crippen LogP contribution in [0.3, 0.4) is 0 Å². The van der Waals surface area contributed by atoms with Crippen LogP contribution in [0.1, 0.15) is 5.56 Å². The molecule has 0 bridgehead atoms. The van der Waals surface area contributed by atoms with Gasteiger partial charge in [-0.15, -0.1) is 0 Å². The fourth-order valence-electron chi connectivity index (χ4n) is 1.35. The first-order valence-electron chi connectivity index (χ1n) is 4.52. The molecule has 1 aromatic carbocycles. The summed E-state index contributed by atoms with van der Waals surface area (Å²) in [5.74, 6) is 0. The summed E-state index contributed by atoms with van der Waals surface area (Å²) in [5.41, 5.74) is 1.33. The summed E-state index contributed by atoms with van der Waals surface area (Å²) >= 11 is -1.45. The molecule has 1 rings (SSSR count). The number of nitrogens with one attached hydrogen (secondary N) is 1. The van der Waals surface area contributed by atoms with Crippen molar-refractivity contribution in [3.05, 3.63) is 27.3 Å². The first-order chi connectivity index (χ1) is 7.20. The van der Waals surface area contributed by atoms with Crippen molar-refractivity contribution in [1.29, 1.82) is 0 Å². The molecular weight excluding hydrogens is 364 g/mol. The molecule has 0 aliphatic rings. The minimum absolute atomic E-state index is 0.961. The van der Waals surface area contributed by atoms with Crippen LogP contribution in [0.4, 0.5) is 0 Å². The predicted molar refractivity (Wildman–Crippen MR) is 80.3 cm³/mol. The number of rotatable bonds is 5. The average Bonchev–Trinajstić information content (AvgIpc) is 2.25. The van der Waals surface area contributed by atoms with Gasteiger partial charge in [0.25, 0.3) is 0 Å². The molecule has 1 N–H and O–H groups in total. The van der Waals surface area contributed by atoms with E-state index < -0.39 is 18.7 Å². The summed E-state index contributed by atoms with van der Waals surface area (Å²) in [4.78, 5) is 3.29. The Bertz CT molecular complexity index is 320. The van der Waals surface area contributed by atoms with Crippen LogP contribution < -0.4 is 5.32 Å². The van der Waals surface area contributed by atoms with Gasteiger partial charge in [0.05, 0.1) is 0 Å². The molecule has 86 valence electrons. The Labute approximate surface area is 111 Å². The molecule has 0 amide bonds. The van der Waals surface area contributed by atoms with E-state index in [4.69, 9.17) is 19.6 Å². The maximum absolute atomic E-state index is 6.30. The number of halogens is 3. The topological polar surface area (TPSA) is 12.0 Å². The molecule has 0 unspecified atom stereocenters. The second-order valence-electron chi connectivity index (χ2n) is 3.05. The third kappa shape index (κ3) is 3.97. The van der Waals surface area contributed by atoms with Crippen molar-refractivity contribution in [1.82, 2.24) is 5.32 Å². The Balaban J connectivity index is 3.03. The monoisotopic (exact) mass is 377 g/mol. The van der Waals surface area contributed by atoms with E-state index in [-0.39, 0.29) is 0 Å². The number of alkyl halides is 1. The van der Waals surface area contributed by atoms with Gasteiger partial charge >= 0.3 is 112 Å². The molecule has 1 aromatic rings. The third-order valence-electron chi connectivity index (χ3n) is 2.06. The van der Waals surface area contributed by atoms with Crippen LogP contribution in [0.25, 0.3) is 0 Å². The van der Waals surface area contributed by atoms with Gasteiger partial charge in [0.15, 0.2) is 0 Å². The van der Waals surface area contributed by atoms with Gasteiger partial charge in [-0.3, -0.25) is 0 Å². The van der Waals surface area contributed by atoms with Gasteiger partial charge in [-0.2, -0.15) is 0 Å². The Kier molecular flexibility index (Phi) is 6.69. The van der Waals surface area contributed by atoms with E-state index in [0.717, 1.165) is 17.9 Å². The van der Waals surface area contributed by atoms with Crippen molar-refractivity contribution < 1.29 is 0 Å². The van der Waals surface area contributed by atoms with Crippen LogP contribution in [-0.2, 0) is 6.42 Å². The molecule has 0 spiro atoms. The van der Waals surface area contributed by atoms with Crippen molar-refractivity contribution in [2.75, 3.05) is 18.5 Å². The van der Waals surface area contributed by atoms with Gasteiger partial charge in [-0.1, -0.05) is 0 Å². The molecular formula is C10H14Cl2INS. The van der Waals surface area contributed by atoms with E-state index in [1.165, 1.54) is 20.1 Å². The fourth-order valence-corrected chi connectivity index (χ4v) is 5.46. The van der Waals surface area contributed by atoms with Crippen molar-refractivity contribution in [2.45, 2.75) is 11.3 Å². The second-order valence-corrected chi connectivity index (χ2v) is 10.4. The minimum atomic E-state index is -1.45. The molecule has 1 nitrogen and oxygen atoms in total. The summed E-state index contributed by atoms with van der Waals surface area (Å²) < 4.78 is 1.33. The molecule has 0 aliphatic carbocycles. The van der Waals surface area contributed by atoms with Crippen LogP contribution in [0, 0.1) is 3.57 Å². The Hall–Kier alpha value is 0.840. The molecule has 0 heterocycles.